The van der Waals surface area contributed by atoms with E-state index in [1.165, 1.54) is 16.4 Å². The van der Waals surface area contributed by atoms with E-state index < -0.39 is 10.0 Å². The van der Waals surface area contributed by atoms with E-state index in [4.69, 9.17) is 0 Å². The standard InChI is InChI=1S/C19H25N3O3S/c1-4-22(5-2)26(24,25)17-11-8-10-16(13-17)21-19(23)14-20-18-12-7-6-9-15(18)3/h6-13,20H,4-5,14H2,1-3H3,(H,21,23). The fourth-order valence-electron chi connectivity index (χ4n) is 2.60. The Hall–Kier alpha value is -2.38. The largest absolute Gasteiger partial charge is 0.376 e. The zero-order valence-electron chi connectivity index (χ0n) is 15.3. The highest BCUT2D eigenvalue weighted by Crippen LogP contribution is 2.19. The van der Waals surface area contributed by atoms with Crippen LogP contribution < -0.4 is 10.6 Å². The van der Waals surface area contributed by atoms with Gasteiger partial charge in [-0.1, -0.05) is 38.1 Å². The minimum Gasteiger partial charge on any atom is -0.376 e. The molecule has 2 N–H and O–H groups in total. The third-order valence-electron chi connectivity index (χ3n) is 4.05. The predicted octanol–water partition coefficient (Wildman–Crippen LogP) is 3.08. The number of amides is 1. The molecule has 7 heteroatoms. The molecule has 0 spiro atoms. The van der Waals surface area contributed by atoms with Gasteiger partial charge in [-0.25, -0.2) is 8.42 Å². The van der Waals surface area contributed by atoms with Crippen LogP contribution in [0.5, 0.6) is 0 Å². The predicted molar refractivity (Wildman–Crippen MR) is 105 cm³/mol. The second-order valence-corrected chi connectivity index (χ2v) is 7.77. The molecular formula is C19H25N3O3S. The van der Waals surface area contributed by atoms with E-state index in [1.807, 2.05) is 31.2 Å². The summed E-state index contributed by atoms with van der Waals surface area (Å²) in [5, 5.41) is 5.81. The van der Waals surface area contributed by atoms with E-state index in [0.717, 1.165) is 11.3 Å². The summed E-state index contributed by atoms with van der Waals surface area (Å²) in [6.07, 6.45) is 0. The van der Waals surface area contributed by atoms with E-state index in [0.29, 0.717) is 18.8 Å². The van der Waals surface area contributed by atoms with Gasteiger partial charge in [-0.05, 0) is 36.8 Å². The number of carbonyl (C=O) groups excluding carboxylic acids is 1. The van der Waals surface area contributed by atoms with Crippen molar-refractivity contribution in [2.45, 2.75) is 25.7 Å². The summed E-state index contributed by atoms with van der Waals surface area (Å²) in [7, 11) is -3.55. The molecule has 0 saturated heterocycles. The maximum Gasteiger partial charge on any atom is 0.243 e. The van der Waals surface area contributed by atoms with E-state index in [-0.39, 0.29) is 17.3 Å². The Labute approximate surface area is 155 Å². The Morgan fingerprint density at radius 2 is 1.73 bits per heavy atom. The molecule has 1 amide bonds. The number of para-hydroxylation sites is 1. The molecule has 2 aromatic carbocycles. The van der Waals surface area contributed by atoms with Gasteiger partial charge in [-0.2, -0.15) is 4.31 Å². The summed E-state index contributed by atoms with van der Waals surface area (Å²) in [5.41, 5.74) is 2.39. The monoisotopic (exact) mass is 375 g/mol. The Bertz CT molecular complexity index is 862. The lowest BCUT2D eigenvalue weighted by Crippen LogP contribution is -2.30. The fraction of sp³-hybridized carbons (Fsp3) is 0.316. The maximum atomic E-state index is 12.6. The van der Waals surface area contributed by atoms with Crippen molar-refractivity contribution >= 4 is 27.3 Å². The van der Waals surface area contributed by atoms with Gasteiger partial charge in [-0.3, -0.25) is 4.79 Å². The van der Waals surface area contributed by atoms with Crippen molar-refractivity contribution in [3.05, 3.63) is 54.1 Å². The number of aryl methyl sites for hydroxylation is 1. The van der Waals surface area contributed by atoms with E-state index in [2.05, 4.69) is 10.6 Å². The Morgan fingerprint density at radius 3 is 2.38 bits per heavy atom. The van der Waals surface area contributed by atoms with Crippen LogP contribution in [0, 0.1) is 6.92 Å². The SMILES string of the molecule is CCN(CC)S(=O)(=O)c1cccc(NC(=O)CNc2ccccc2C)c1. The van der Waals surface area contributed by atoms with Gasteiger partial charge in [0.25, 0.3) is 0 Å². The summed E-state index contributed by atoms with van der Waals surface area (Å²) in [4.78, 5) is 12.3. The molecule has 0 bridgehead atoms. The smallest absolute Gasteiger partial charge is 0.243 e. The molecule has 2 rings (SSSR count). The second-order valence-electron chi connectivity index (χ2n) is 5.83. The summed E-state index contributed by atoms with van der Waals surface area (Å²) in [6.45, 7) is 6.44. The van der Waals surface area contributed by atoms with E-state index in [1.54, 1.807) is 26.0 Å². The number of hydrogen-bond acceptors (Lipinski definition) is 4. The second kappa shape index (κ2) is 8.82. The van der Waals surface area contributed by atoms with Crippen LogP contribution in [-0.2, 0) is 14.8 Å². The summed E-state index contributed by atoms with van der Waals surface area (Å²) in [6, 6.07) is 14.0. The van der Waals surface area contributed by atoms with Gasteiger partial charge < -0.3 is 10.6 Å². The molecule has 0 aromatic heterocycles. The van der Waals surface area contributed by atoms with Crippen molar-refractivity contribution in [2.24, 2.45) is 0 Å². The first-order chi connectivity index (χ1) is 12.4. The van der Waals surface area contributed by atoms with Crippen molar-refractivity contribution in [3.8, 4) is 0 Å². The van der Waals surface area contributed by atoms with Gasteiger partial charge in [0, 0.05) is 24.5 Å². The molecule has 0 aliphatic rings. The van der Waals surface area contributed by atoms with E-state index >= 15 is 0 Å². The van der Waals surface area contributed by atoms with Crippen LogP contribution in [-0.4, -0.2) is 38.3 Å². The highest BCUT2D eigenvalue weighted by atomic mass is 32.2. The van der Waals surface area contributed by atoms with Crippen molar-refractivity contribution in [1.29, 1.82) is 0 Å². The molecule has 0 aliphatic heterocycles. The van der Waals surface area contributed by atoms with Gasteiger partial charge in [0.1, 0.15) is 0 Å². The molecule has 6 nitrogen and oxygen atoms in total. The molecular weight excluding hydrogens is 350 g/mol. The van der Waals surface area contributed by atoms with Crippen LogP contribution in [0.3, 0.4) is 0 Å². The number of sulfonamides is 1. The number of hydrogen-bond donors (Lipinski definition) is 2. The zero-order chi connectivity index (χ0) is 19.2. The zero-order valence-corrected chi connectivity index (χ0v) is 16.1. The first-order valence-electron chi connectivity index (χ1n) is 8.58. The first-order valence-corrected chi connectivity index (χ1v) is 10.0. The lowest BCUT2D eigenvalue weighted by Gasteiger charge is -2.19. The van der Waals surface area contributed by atoms with Crippen LogP contribution >= 0.6 is 0 Å². The lowest BCUT2D eigenvalue weighted by atomic mass is 10.2. The van der Waals surface area contributed by atoms with Crippen LogP contribution in [0.25, 0.3) is 0 Å². The summed E-state index contributed by atoms with van der Waals surface area (Å²) < 4.78 is 26.5. The van der Waals surface area contributed by atoms with Crippen LogP contribution in [0.1, 0.15) is 19.4 Å². The average molecular weight is 375 g/mol. The van der Waals surface area contributed by atoms with Crippen molar-refractivity contribution < 1.29 is 13.2 Å². The Balaban J connectivity index is 2.06. The topological polar surface area (TPSA) is 78.5 Å². The molecule has 26 heavy (non-hydrogen) atoms. The minimum absolute atomic E-state index is 0.0951. The Kier molecular flexibility index (Phi) is 6.76. The number of carbonyl (C=O) groups is 1. The van der Waals surface area contributed by atoms with Gasteiger partial charge in [0.2, 0.25) is 15.9 Å². The highest BCUT2D eigenvalue weighted by Gasteiger charge is 2.21. The van der Waals surface area contributed by atoms with Crippen LogP contribution in [0.2, 0.25) is 0 Å². The van der Waals surface area contributed by atoms with Crippen LogP contribution in [0.15, 0.2) is 53.4 Å². The van der Waals surface area contributed by atoms with Crippen LogP contribution in [0.4, 0.5) is 11.4 Å². The molecule has 140 valence electrons. The fourth-order valence-corrected chi connectivity index (χ4v) is 4.10. The normalized spacial score (nSPS) is 11.4. The molecule has 0 unspecified atom stereocenters. The van der Waals surface area contributed by atoms with Crippen molar-refractivity contribution in [3.63, 3.8) is 0 Å². The lowest BCUT2D eigenvalue weighted by molar-refractivity contribution is -0.114. The van der Waals surface area contributed by atoms with Gasteiger partial charge >= 0.3 is 0 Å². The van der Waals surface area contributed by atoms with Crippen molar-refractivity contribution in [2.75, 3.05) is 30.3 Å². The quantitative estimate of drug-likeness (QED) is 0.743. The summed E-state index contributed by atoms with van der Waals surface area (Å²) >= 11 is 0. The number of rotatable bonds is 8. The van der Waals surface area contributed by atoms with E-state index in [9.17, 15) is 13.2 Å². The molecule has 0 saturated carbocycles. The van der Waals surface area contributed by atoms with Gasteiger partial charge in [0.05, 0.1) is 11.4 Å². The first kappa shape index (κ1) is 19.9. The highest BCUT2D eigenvalue weighted by molar-refractivity contribution is 7.89. The molecule has 0 atom stereocenters. The number of anilines is 2. The Morgan fingerprint density at radius 1 is 1.04 bits per heavy atom. The molecule has 2 aromatic rings. The maximum absolute atomic E-state index is 12.6. The van der Waals surface area contributed by atoms with Crippen molar-refractivity contribution in [1.82, 2.24) is 4.31 Å². The number of nitrogens with zero attached hydrogens (tertiary/aromatic N) is 1. The molecule has 0 fully saturated rings. The average Bonchev–Trinajstić information content (AvgIpc) is 2.62. The van der Waals surface area contributed by atoms with Gasteiger partial charge in [-0.15, -0.1) is 0 Å². The number of nitrogens with one attached hydrogen (secondary N) is 2. The minimum atomic E-state index is -3.55. The number of benzene rings is 2. The van der Waals surface area contributed by atoms with Gasteiger partial charge in [0.15, 0.2) is 0 Å². The third kappa shape index (κ3) is 4.83. The molecule has 0 aliphatic carbocycles. The summed E-state index contributed by atoms with van der Waals surface area (Å²) in [5.74, 6) is -0.245. The third-order valence-corrected chi connectivity index (χ3v) is 6.09. The molecule has 0 heterocycles. The molecule has 0 radical (unpaired) electrons.